The third-order valence-electron chi connectivity index (χ3n) is 2.80. The van der Waals surface area contributed by atoms with Crippen LogP contribution in [0.25, 0.3) is 12.2 Å². The van der Waals surface area contributed by atoms with E-state index >= 15 is 0 Å². The first-order valence-corrected chi connectivity index (χ1v) is 6.78. The molecule has 0 fully saturated rings. The van der Waals surface area contributed by atoms with Gasteiger partial charge in [0.1, 0.15) is 5.75 Å². The van der Waals surface area contributed by atoms with Gasteiger partial charge in [0.05, 0.1) is 7.11 Å². The van der Waals surface area contributed by atoms with Gasteiger partial charge >= 0.3 is 5.97 Å². The second-order valence-corrected chi connectivity index (χ2v) is 4.76. The maximum atomic E-state index is 11.0. The summed E-state index contributed by atoms with van der Waals surface area (Å²) in [6, 6.07) is 15.1. The summed E-state index contributed by atoms with van der Waals surface area (Å²) >= 11 is 5.84. The second kappa shape index (κ2) is 7.50. The van der Waals surface area contributed by atoms with Crippen LogP contribution in [-0.4, -0.2) is 19.7 Å². The largest absolute Gasteiger partial charge is 0.482 e. The lowest BCUT2D eigenvalue weighted by atomic mass is 10.1. The summed E-state index contributed by atoms with van der Waals surface area (Å²) in [6.07, 6.45) is 3.99. The van der Waals surface area contributed by atoms with E-state index in [0.717, 1.165) is 16.1 Å². The molecule has 0 N–H and O–H groups in total. The van der Waals surface area contributed by atoms with Crippen LogP contribution in [0.3, 0.4) is 0 Å². The Morgan fingerprint density at radius 2 is 1.52 bits per heavy atom. The van der Waals surface area contributed by atoms with Crippen LogP contribution in [-0.2, 0) is 9.53 Å². The molecule has 0 atom stereocenters. The number of methoxy groups -OCH3 is 1. The average molecular weight is 303 g/mol. The first kappa shape index (κ1) is 15.1. The number of carbonyl (C=O) groups is 1. The fourth-order valence-electron chi connectivity index (χ4n) is 1.64. The second-order valence-electron chi connectivity index (χ2n) is 4.32. The van der Waals surface area contributed by atoms with Crippen molar-refractivity contribution in [3.63, 3.8) is 0 Å². The topological polar surface area (TPSA) is 35.5 Å². The van der Waals surface area contributed by atoms with Crippen LogP contribution in [0.5, 0.6) is 5.75 Å². The maximum absolute atomic E-state index is 11.0. The van der Waals surface area contributed by atoms with Crippen LogP contribution >= 0.6 is 11.6 Å². The molecule has 0 saturated carbocycles. The molecule has 0 radical (unpaired) electrons. The van der Waals surface area contributed by atoms with Gasteiger partial charge in [-0.25, -0.2) is 4.79 Å². The zero-order valence-electron chi connectivity index (χ0n) is 11.6. The van der Waals surface area contributed by atoms with Gasteiger partial charge in [0, 0.05) is 5.02 Å². The molecule has 4 heteroatoms. The number of esters is 1. The summed E-state index contributed by atoms with van der Waals surface area (Å²) in [7, 11) is 1.33. The van der Waals surface area contributed by atoms with Gasteiger partial charge in [-0.1, -0.05) is 48.0 Å². The molecule has 0 aliphatic heterocycles. The van der Waals surface area contributed by atoms with Crippen LogP contribution in [0.1, 0.15) is 11.1 Å². The quantitative estimate of drug-likeness (QED) is 0.617. The summed E-state index contributed by atoms with van der Waals surface area (Å²) < 4.78 is 9.78. The molecule has 3 nitrogen and oxygen atoms in total. The summed E-state index contributed by atoms with van der Waals surface area (Å²) in [5.74, 6) is 0.228. The van der Waals surface area contributed by atoms with E-state index in [-0.39, 0.29) is 6.61 Å². The van der Waals surface area contributed by atoms with Crippen LogP contribution < -0.4 is 4.74 Å². The molecule has 2 rings (SSSR count). The Hall–Kier alpha value is -2.26. The lowest BCUT2D eigenvalue weighted by Gasteiger charge is -2.04. The Morgan fingerprint density at radius 1 is 1.00 bits per heavy atom. The van der Waals surface area contributed by atoms with Crippen molar-refractivity contribution >= 4 is 29.7 Å². The van der Waals surface area contributed by atoms with Crippen molar-refractivity contribution in [1.82, 2.24) is 0 Å². The molecule has 0 spiro atoms. The predicted octanol–water partition coefficient (Wildman–Crippen LogP) is 4.06. The molecule has 2 aromatic rings. The minimum atomic E-state index is -0.401. The minimum Gasteiger partial charge on any atom is -0.482 e. The van der Waals surface area contributed by atoms with Gasteiger partial charge in [0.15, 0.2) is 6.61 Å². The van der Waals surface area contributed by atoms with E-state index in [4.69, 9.17) is 16.3 Å². The highest BCUT2D eigenvalue weighted by atomic mass is 35.5. The molecule has 0 heterocycles. The highest BCUT2D eigenvalue weighted by Gasteiger charge is 2.01. The highest BCUT2D eigenvalue weighted by molar-refractivity contribution is 6.30. The van der Waals surface area contributed by atoms with E-state index in [1.807, 2.05) is 60.7 Å². The molecule has 0 aliphatic carbocycles. The van der Waals surface area contributed by atoms with Gasteiger partial charge in [-0.15, -0.1) is 0 Å². The normalized spacial score (nSPS) is 10.6. The van der Waals surface area contributed by atoms with Crippen molar-refractivity contribution in [3.8, 4) is 5.75 Å². The number of ether oxygens (including phenoxy) is 2. The van der Waals surface area contributed by atoms with E-state index in [1.54, 1.807) is 0 Å². The number of hydrogen-bond donors (Lipinski definition) is 0. The third kappa shape index (κ3) is 4.97. The van der Waals surface area contributed by atoms with E-state index < -0.39 is 5.97 Å². The van der Waals surface area contributed by atoms with Crippen LogP contribution in [0.15, 0.2) is 48.5 Å². The molecule has 0 bridgehead atoms. The molecule has 0 aliphatic rings. The molecule has 0 unspecified atom stereocenters. The van der Waals surface area contributed by atoms with Gasteiger partial charge in [-0.05, 0) is 35.4 Å². The first-order chi connectivity index (χ1) is 10.2. The Morgan fingerprint density at radius 3 is 2.05 bits per heavy atom. The molecule has 2 aromatic carbocycles. The summed E-state index contributed by atoms with van der Waals surface area (Å²) in [5, 5.41) is 0.722. The Labute approximate surface area is 128 Å². The average Bonchev–Trinajstić information content (AvgIpc) is 2.53. The van der Waals surface area contributed by atoms with Crippen molar-refractivity contribution in [3.05, 3.63) is 64.7 Å². The number of rotatable bonds is 5. The highest BCUT2D eigenvalue weighted by Crippen LogP contribution is 2.15. The number of hydrogen-bond acceptors (Lipinski definition) is 3. The summed E-state index contributed by atoms with van der Waals surface area (Å²) in [4.78, 5) is 11.0. The van der Waals surface area contributed by atoms with E-state index in [1.165, 1.54) is 7.11 Å². The molecule has 0 amide bonds. The molecule has 21 heavy (non-hydrogen) atoms. The zero-order chi connectivity index (χ0) is 15.1. The first-order valence-electron chi connectivity index (χ1n) is 6.41. The Kier molecular flexibility index (Phi) is 5.41. The molecular weight excluding hydrogens is 288 g/mol. The molecular formula is C17H15ClO3. The van der Waals surface area contributed by atoms with Crippen molar-refractivity contribution in [2.24, 2.45) is 0 Å². The van der Waals surface area contributed by atoms with Gasteiger partial charge in [-0.2, -0.15) is 0 Å². The standard InChI is InChI=1S/C17H15ClO3/c1-20-17(19)12-21-16-10-6-14(7-11-16)3-2-13-4-8-15(18)9-5-13/h2-11H,12H2,1H3/b3-2+. The Balaban J connectivity index is 1.95. The van der Waals surface area contributed by atoms with E-state index in [2.05, 4.69) is 4.74 Å². The molecule has 0 aromatic heterocycles. The van der Waals surface area contributed by atoms with Crippen molar-refractivity contribution in [2.75, 3.05) is 13.7 Å². The molecule has 108 valence electrons. The van der Waals surface area contributed by atoms with Crippen molar-refractivity contribution in [2.45, 2.75) is 0 Å². The van der Waals surface area contributed by atoms with Gasteiger partial charge in [0.2, 0.25) is 0 Å². The predicted molar refractivity (Wildman–Crippen MR) is 84.3 cm³/mol. The minimum absolute atomic E-state index is 0.0868. The third-order valence-corrected chi connectivity index (χ3v) is 3.05. The summed E-state index contributed by atoms with van der Waals surface area (Å²) in [6.45, 7) is -0.0868. The smallest absolute Gasteiger partial charge is 0.343 e. The lowest BCUT2D eigenvalue weighted by Crippen LogP contribution is -2.12. The van der Waals surface area contributed by atoms with E-state index in [9.17, 15) is 4.79 Å². The zero-order valence-corrected chi connectivity index (χ0v) is 12.3. The van der Waals surface area contributed by atoms with Crippen LogP contribution in [0, 0.1) is 0 Å². The number of halogens is 1. The maximum Gasteiger partial charge on any atom is 0.343 e. The Bertz CT molecular complexity index is 615. The van der Waals surface area contributed by atoms with Crippen LogP contribution in [0.4, 0.5) is 0 Å². The fraction of sp³-hybridized carbons (Fsp3) is 0.118. The number of carbonyl (C=O) groups excluding carboxylic acids is 1. The number of benzene rings is 2. The lowest BCUT2D eigenvalue weighted by molar-refractivity contribution is -0.142. The summed E-state index contributed by atoms with van der Waals surface area (Å²) in [5.41, 5.74) is 2.11. The SMILES string of the molecule is COC(=O)COc1ccc(/C=C/c2ccc(Cl)cc2)cc1. The van der Waals surface area contributed by atoms with Gasteiger partial charge in [0.25, 0.3) is 0 Å². The van der Waals surface area contributed by atoms with Gasteiger partial charge in [-0.3, -0.25) is 0 Å². The molecule has 0 saturated heterocycles. The van der Waals surface area contributed by atoms with Gasteiger partial charge < -0.3 is 9.47 Å². The van der Waals surface area contributed by atoms with Crippen molar-refractivity contribution in [1.29, 1.82) is 0 Å². The monoisotopic (exact) mass is 302 g/mol. The fourth-order valence-corrected chi connectivity index (χ4v) is 1.77. The van der Waals surface area contributed by atoms with Crippen molar-refractivity contribution < 1.29 is 14.3 Å². The van der Waals surface area contributed by atoms with Crippen LogP contribution in [0.2, 0.25) is 5.02 Å². The van der Waals surface area contributed by atoms with E-state index in [0.29, 0.717) is 5.75 Å².